The Morgan fingerprint density at radius 3 is 2.82 bits per heavy atom. The van der Waals surface area contributed by atoms with Crippen LogP contribution < -0.4 is 0 Å². The van der Waals surface area contributed by atoms with Gasteiger partial charge < -0.3 is 4.74 Å². The van der Waals surface area contributed by atoms with Gasteiger partial charge in [-0.25, -0.2) is 0 Å². The van der Waals surface area contributed by atoms with E-state index in [1.54, 1.807) is 0 Å². The van der Waals surface area contributed by atoms with Gasteiger partial charge in [-0.3, -0.25) is 0 Å². The molecule has 1 heteroatoms. The molecule has 0 aliphatic carbocycles. The second-order valence-corrected chi connectivity index (χ2v) is 4.73. The van der Waals surface area contributed by atoms with Crippen LogP contribution in [-0.2, 0) is 11.2 Å². The summed E-state index contributed by atoms with van der Waals surface area (Å²) in [4.78, 5) is 0. The summed E-state index contributed by atoms with van der Waals surface area (Å²) in [5, 5.41) is 0. The van der Waals surface area contributed by atoms with Crippen LogP contribution in [0, 0.1) is 0 Å². The van der Waals surface area contributed by atoms with Gasteiger partial charge in [-0.05, 0) is 37.7 Å². The fourth-order valence-corrected chi connectivity index (χ4v) is 2.31. The van der Waals surface area contributed by atoms with Crippen molar-refractivity contribution in [2.75, 3.05) is 0 Å². The van der Waals surface area contributed by atoms with Gasteiger partial charge in [0.25, 0.3) is 0 Å². The molecule has 1 aliphatic heterocycles. The van der Waals surface area contributed by atoms with Crippen molar-refractivity contribution < 1.29 is 4.74 Å². The standard InChI is InChI=1S/C16H22O/c1-2-15-10-6-7-11-16(17-15)13-12-14-8-4-3-5-9-14/h3-6,8-10,15-16H,2,7,11-13H2,1H3/t15-,16-/m1/s1. The minimum atomic E-state index is 0.332. The van der Waals surface area contributed by atoms with Crippen LogP contribution in [0.2, 0.25) is 0 Å². The first-order valence-corrected chi connectivity index (χ1v) is 6.74. The molecule has 17 heavy (non-hydrogen) atoms. The number of benzene rings is 1. The number of rotatable bonds is 4. The van der Waals surface area contributed by atoms with E-state index in [9.17, 15) is 0 Å². The lowest BCUT2D eigenvalue weighted by molar-refractivity contribution is 0.00705. The number of hydrogen-bond donors (Lipinski definition) is 0. The van der Waals surface area contributed by atoms with Gasteiger partial charge in [0.05, 0.1) is 12.2 Å². The molecule has 0 aromatic heterocycles. The topological polar surface area (TPSA) is 9.23 Å². The maximum atomic E-state index is 6.10. The second-order valence-electron chi connectivity index (χ2n) is 4.73. The largest absolute Gasteiger partial charge is 0.371 e. The van der Waals surface area contributed by atoms with Gasteiger partial charge >= 0.3 is 0 Å². The highest BCUT2D eigenvalue weighted by molar-refractivity contribution is 5.14. The number of aryl methyl sites for hydroxylation is 1. The van der Waals surface area contributed by atoms with E-state index in [0.717, 1.165) is 25.7 Å². The zero-order chi connectivity index (χ0) is 11.9. The van der Waals surface area contributed by atoms with Crippen molar-refractivity contribution in [1.29, 1.82) is 0 Å². The Labute approximate surface area is 104 Å². The summed E-state index contributed by atoms with van der Waals surface area (Å²) < 4.78 is 6.10. The molecular formula is C16H22O. The zero-order valence-corrected chi connectivity index (χ0v) is 10.6. The van der Waals surface area contributed by atoms with Gasteiger partial charge in [0.2, 0.25) is 0 Å². The van der Waals surface area contributed by atoms with Gasteiger partial charge in [-0.1, -0.05) is 49.4 Å². The Hall–Kier alpha value is -1.08. The lowest BCUT2D eigenvalue weighted by atomic mass is 10.0. The van der Waals surface area contributed by atoms with E-state index in [1.807, 2.05) is 0 Å². The minimum absolute atomic E-state index is 0.332. The van der Waals surface area contributed by atoms with E-state index in [4.69, 9.17) is 4.74 Å². The summed E-state index contributed by atoms with van der Waals surface area (Å²) in [5.74, 6) is 0. The molecule has 0 N–H and O–H groups in total. The highest BCUT2D eigenvalue weighted by Crippen LogP contribution is 2.19. The first-order chi connectivity index (χ1) is 8.38. The SMILES string of the molecule is CC[C@@H]1C=CCC[C@H](CCc2ccccc2)O1. The molecule has 0 bridgehead atoms. The summed E-state index contributed by atoms with van der Waals surface area (Å²) >= 11 is 0. The number of ether oxygens (including phenoxy) is 1. The molecule has 0 radical (unpaired) electrons. The molecule has 1 nitrogen and oxygen atoms in total. The van der Waals surface area contributed by atoms with Crippen LogP contribution in [0.15, 0.2) is 42.5 Å². The Morgan fingerprint density at radius 2 is 2.06 bits per heavy atom. The Balaban J connectivity index is 1.83. The molecule has 0 unspecified atom stereocenters. The van der Waals surface area contributed by atoms with Crippen LogP contribution in [0.5, 0.6) is 0 Å². The molecule has 2 rings (SSSR count). The van der Waals surface area contributed by atoms with Gasteiger partial charge in [0, 0.05) is 0 Å². The lowest BCUT2D eigenvalue weighted by Crippen LogP contribution is -2.19. The first kappa shape index (κ1) is 12.4. The van der Waals surface area contributed by atoms with E-state index in [-0.39, 0.29) is 0 Å². The smallest absolute Gasteiger partial charge is 0.0756 e. The summed E-state index contributed by atoms with van der Waals surface area (Å²) in [6.07, 6.45) is 10.9. The molecule has 1 aromatic rings. The molecule has 0 fully saturated rings. The molecule has 0 amide bonds. The summed E-state index contributed by atoms with van der Waals surface area (Å²) in [6, 6.07) is 10.7. The fourth-order valence-electron chi connectivity index (χ4n) is 2.31. The van der Waals surface area contributed by atoms with Gasteiger partial charge in [-0.2, -0.15) is 0 Å². The van der Waals surface area contributed by atoms with Crippen molar-refractivity contribution in [3.8, 4) is 0 Å². The second kappa shape index (κ2) is 6.61. The third-order valence-corrected chi connectivity index (χ3v) is 3.37. The van der Waals surface area contributed by atoms with E-state index in [2.05, 4.69) is 49.4 Å². The van der Waals surface area contributed by atoms with Crippen LogP contribution in [0.25, 0.3) is 0 Å². The van der Waals surface area contributed by atoms with Crippen LogP contribution in [0.3, 0.4) is 0 Å². The quantitative estimate of drug-likeness (QED) is 0.707. The third-order valence-electron chi connectivity index (χ3n) is 3.37. The van der Waals surface area contributed by atoms with Crippen LogP contribution in [0.4, 0.5) is 0 Å². The molecule has 1 heterocycles. The lowest BCUT2D eigenvalue weighted by Gasteiger charge is -2.20. The van der Waals surface area contributed by atoms with Crippen LogP contribution in [0.1, 0.15) is 38.2 Å². The van der Waals surface area contributed by atoms with Crippen LogP contribution >= 0.6 is 0 Å². The summed E-state index contributed by atoms with van der Waals surface area (Å²) in [6.45, 7) is 2.19. The van der Waals surface area contributed by atoms with Gasteiger partial charge in [0.1, 0.15) is 0 Å². The predicted molar refractivity (Wildman–Crippen MR) is 72.1 cm³/mol. The van der Waals surface area contributed by atoms with Crippen molar-refractivity contribution >= 4 is 0 Å². The zero-order valence-electron chi connectivity index (χ0n) is 10.6. The maximum Gasteiger partial charge on any atom is 0.0756 e. The van der Waals surface area contributed by atoms with Crippen LogP contribution in [-0.4, -0.2) is 12.2 Å². The monoisotopic (exact) mass is 230 g/mol. The summed E-state index contributed by atoms with van der Waals surface area (Å²) in [5.41, 5.74) is 1.42. The first-order valence-electron chi connectivity index (χ1n) is 6.74. The van der Waals surface area contributed by atoms with E-state index in [1.165, 1.54) is 12.0 Å². The highest BCUT2D eigenvalue weighted by atomic mass is 16.5. The van der Waals surface area contributed by atoms with Crippen molar-refractivity contribution in [2.45, 2.75) is 51.2 Å². The Morgan fingerprint density at radius 1 is 1.24 bits per heavy atom. The highest BCUT2D eigenvalue weighted by Gasteiger charge is 2.15. The van der Waals surface area contributed by atoms with Crippen molar-refractivity contribution in [2.24, 2.45) is 0 Å². The number of allylic oxidation sites excluding steroid dienone is 1. The molecule has 0 saturated carbocycles. The molecule has 92 valence electrons. The average molecular weight is 230 g/mol. The summed E-state index contributed by atoms with van der Waals surface area (Å²) in [7, 11) is 0. The maximum absolute atomic E-state index is 6.10. The normalized spacial score (nSPS) is 24.5. The third kappa shape index (κ3) is 4.01. The molecule has 1 aliphatic rings. The van der Waals surface area contributed by atoms with E-state index < -0.39 is 0 Å². The molecule has 0 spiro atoms. The number of hydrogen-bond acceptors (Lipinski definition) is 1. The molecule has 0 saturated heterocycles. The Bertz CT molecular complexity index is 342. The van der Waals surface area contributed by atoms with Gasteiger partial charge in [0.15, 0.2) is 0 Å². The van der Waals surface area contributed by atoms with Crippen molar-refractivity contribution in [1.82, 2.24) is 0 Å². The van der Waals surface area contributed by atoms with E-state index in [0.29, 0.717) is 12.2 Å². The fraction of sp³-hybridized carbons (Fsp3) is 0.500. The van der Waals surface area contributed by atoms with Gasteiger partial charge in [-0.15, -0.1) is 0 Å². The average Bonchev–Trinajstić information content (AvgIpc) is 2.62. The van der Waals surface area contributed by atoms with E-state index >= 15 is 0 Å². The van der Waals surface area contributed by atoms with Crippen molar-refractivity contribution in [3.63, 3.8) is 0 Å². The molecular weight excluding hydrogens is 208 g/mol. The van der Waals surface area contributed by atoms with Crippen molar-refractivity contribution in [3.05, 3.63) is 48.0 Å². The minimum Gasteiger partial charge on any atom is -0.371 e. The molecule has 2 atom stereocenters. The molecule has 1 aromatic carbocycles. The predicted octanol–water partition coefficient (Wildman–Crippen LogP) is 4.13. The Kier molecular flexibility index (Phi) is 4.81.